The normalized spacial score (nSPS) is 8.03. The Kier molecular flexibility index (Phi) is 15.0. The van der Waals surface area contributed by atoms with E-state index in [1.165, 1.54) is 6.33 Å². The highest BCUT2D eigenvalue weighted by Gasteiger charge is 2.17. The van der Waals surface area contributed by atoms with Crippen LogP contribution in [0.3, 0.4) is 0 Å². The number of aryl methyl sites for hydroxylation is 1. The zero-order valence-corrected chi connectivity index (χ0v) is 19.9. The summed E-state index contributed by atoms with van der Waals surface area (Å²) >= 11 is 0. The maximum absolute atomic E-state index is 12.5. The number of fused-ring (bicyclic) bond motifs is 1. The lowest BCUT2D eigenvalue weighted by atomic mass is 10.3. The average Bonchev–Trinajstić information content (AvgIpc) is 3.14. The number of benzene rings is 1. The Morgan fingerprint density at radius 1 is 1.03 bits per heavy atom. The van der Waals surface area contributed by atoms with Crippen LogP contribution in [-0.2, 0) is 11.3 Å². The minimum Gasteiger partial charge on any atom is -0.388 e. The van der Waals surface area contributed by atoms with Gasteiger partial charge in [0.25, 0.3) is 0 Å². The van der Waals surface area contributed by atoms with E-state index in [4.69, 9.17) is 12.2 Å². The van der Waals surface area contributed by atoms with E-state index in [9.17, 15) is 4.79 Å². The van der Waals surface area contributed by atoms with E-state index >= 15 is 0 Å². The topological polar surface area (TPSA) is 88.0 Å². The van der Waals surface area contributed by atoms with Gasteiger partial charge in [0.2, 0.25) is 0 Å². The van der Waals surface area contributed by atoms with Crippen LogP contribution in [0.25, 0.3) is 16.9 Å². The van der Waals surface area contributed by atoms with Crippen LogP contribution in [0.1, 0.15) is 27.7 Å². The van der Waals surface area contributed by atoms with E-state index in [0.29, 0.717) is 23.5 Å². The number of anilines is 1. The first-order chi connectivity index (χ1) is 16.1. The molecule has 0 bridgehead atoms. The minimum atomic E-state index is -0.157. The van der Waals surface area contributed by atoms with Gasteiger partial charge in [-0.3, -0.25) is 9.13 Å². The summed E-state index contributed by atoms with van der Waals surface area (Å²) in [6.07, 6.45) is 6.19. The molecule has 2 N–H and O–H groups in total. The molecule has 3 rings (SSSR count). The third-order valence-electron chi connectivity index (χ3n) is 3.51. The highest BCUT2D eigenvalue weighted by atomic mass is 16.4. The smallest absolute Gasteiger partial charge is 0.335 e. The van der Waals surface area contributed by atoms with Crippen LogP contribution in [0.2, 0.25) is 0 Å². The molecule has 0 spiro atoms. The Morgan fingerprint density at radius 2 is 1.61 bits per heavy atom. The van der Waals surface area contributed by atoms with Gasteiger partial charge in [-0.1, -0.05) is 38.0 Å². The molecule has 0 atom stereocenters. The predicted octanol–water partition coefficient (Wildman–Crippen LogP) is 3.12. The lowest BCUT2D eigenvalue weighted by Crippen LogP contribution is -2.22. The molecule has 2 heterocycles. The van der Waals surface area contributed by atoms with Gasteiger partial charge >= 0.3 is 5.69 Å². The zero-order chi connectivity index (χ0) is 25.1. The van der Waals surface area contributed by atoms with Crippen molar-refractivity contribution in [3.05, 3.63) is 47.1 Å². The fourth-order valence-electron chi connectivity index (χ4n) is 2.40. The predicted molar refractivity (Wildman–Crippen MR) is 135 cm³/mol. The van der Waals surface area contributed by atoms with Crippen molar-refractivity contribution in [3.8, 4) is 53.6 Å². The summed E-state index contributed by atoms with van der Waals surface area (Å²) in [7, 11) is 3.25. The van der Waals surface area contributed by atoms with Crippen LogP contribution >= 0.6 is 0 Å². The monoisotopic (exact) mass is 443 g/mol. The second-order valence-electron chi connectivity index (χ2n) is 5.56. The SMILES string of the molecule is C#CC#CC#CC#CC.CC.CCn1c(=O)n(-c2ccccc2)c2c(N)ncnc21.COC. The summed E-state index contributed by atoms with van der Waals surface area (Å²) in [4.78, 5) is 20.6. The zero-order valence-electron chi connectivity index (χ0n) is 19.9. The first-order valence-electron chi connectivity index (χ1n) is 10.1. The molecule has 0 saturated carbocycles. The molecular weight excluding hydrogens is 414 g/mol. The number of ether oxygens (including phenoxy) is 1. The van der Waals surface area contributed by atoms with E-state index in [-0.39, 0.29) is 5.69 Å². The molecule has 0 aliphatic heterocycles. The Balaban J connectivity index is 0.000000618. The molecule has 0 aliphatic rings. The highest BCUT2D eigenvalue weighted by Crippen LogP contribution is 2.19. The molecular formula is C26H29N5O2. The highest BCUT2D eigenvalue weighted by molar-refractivity contribution is 5.83. The van der Waals surface area contributed by atoms with E-state index < -0.39 is 0 Å². The average molecular weight is 444 g/mol. The number of imidazole rings is 1. The van der Waals surface area contributed by atoms with Gasteiger partial charge in [0.1, 0.15) is 11.8 Å². The maximum atomic E-state index is 12.5. The number of methoxy groups -OCH3 is 1. The Hall–Kier alpha value is -4.43. The number of hydrogen-bond donors (Lipinski definition) is 1. The number of para-hydroxylation sites is 1. The quantitative estimate of drug-likeness (QED) is 0.615. The molecule has 7 heteroatoms. The second kappa shape index (κ2) is 17.3. The molecule has 7 nitrogen and oxygen atoms in total. The largest absolute Gasteiger partial charge is 0.388 e. The van der Waals surface area contributed by atoms with Crippen LogP contribution in [0.5, 0.6) is 0 Å². The number of terminal acetylenes is 1. The van der Waals surface area contributed by atoms with Gasteiger partial charge in [0.05, 0.1) is 5.69 Å². The fraction of sp³-hybridized carbons (Fsp3) is 0.269. The van der Waals surface area contributed by atoms with Crippen molar-refractivity contribution in [1.29, 1.82) is 0 Å². The van der Waals surface area contributed by atoms with Gasteiger partial charge in [0, 0.05) is 20.8 Å². The van der Waals surface area contributed by atoms with Crippen LogP contribution in [0.4, 0.5) is 5.82 Å². The van der Waals surface area contributed by atoms with Gasteiger partial charge in [0.15, 0.2) is 11.5 Å². The summed E-state index contributed by atoms with van der Waals surface area (Å²) in [5, 5.41) is 0. The third kappa shape index (κ3) is 8.68. The minimum absolute atomic E-state index is 0.157. The molecule has 170 valence electrons. The lowest BCUT2D eigenvalue weighted by Gasteiger charge is -2.03. The molecule has 0 unspecified atom stereocenters. The molecule has 33 heavy (non-hydrogen) atoms. The number of aromatic nitrogens is 4. The van der Waals surface area contributed by atoms with Crippen molar-refractivity contribution in [3.63, 3.8) is 0 Å². The summed E-state index contributed by atoms with van der Waals surface area (Å²) in [5.41, 5.74) is 7.62. The van der Waals surface area contributed by atoms with E-state index in [1.807, 2.05) is 51.1 Å². The van der Waals surface area contributed by atoms with Gasteiger partial charge in [-0.2, -0.15) is 0 Å². The fourth-order valence-corrected chi connectivity index (χ4v) is 2.40. The summed E-state index contributed by atoms with van der Waals surface area (Å²) in [6, 6.07) is 9.35. The van der Waals surface area contributed by atoms with Crippen molar-refractivity contribution < 1.29 is 4.74 Å². The second-order valence-corrected chi connectivity index (χ2v) is 5.56. The molecule has 0 radical (unpaired) electrons. The lowest BCUT2D eigenvalue weighted by molar-refractivity contribution is 0.277. The van der Waals surface area contributed by atoms with Crippen molar-refractivity contribution in [2.45, 2.75) is 34.2 Å². The van der Waals surface area contributed by atoms with Crippen molar-refractivity contribution in [2.75, 3.05) is 20.0 Å². The summed E-state index contributed by atoms with van der Waals surface area (Å²) in [5.74, 6) is 17.3. The molecule has 2 aromatic heterocycles. The van der Waals surface area contributed by atoms with Crippen LogP contribution in [0.15, 0.2) is 41.5 Å². The number of nitrogens with zero attached hydrogens (tertiary/aromatic N) is 4. The van der Waals surface area contributed by atoms with Gasteiger partial charge in [-0.05, 0) is 61.5 Å². The molecule has 0 amide bonds. The Labute approximate surface area is 196 Å². The van der Waals surface area contributed by atoms with Crippen molar-refractivity contribution >= 4 is 17.0 Å². The molecule has 0 aliphatic carbocycles. The Morgan fingerprint density at radius 3 is 2.15 bits per heavy atom. The van der Waals surface area contributed by atoms with Gasteiger partial charge in [-0.15, -0.1) is 6.42 Å². The standard InChI is InChI=1S/C13H13N5O.C9H4.C2H6O.C2H6/c1-2-17-12-10(11(14)15-8-16-12)18(13(17)19)9-6-4-3-5-7-9;1-3-5-7-9-8-6-4-2;1-3-2;1-2/h3-8H,2H2,1H3,(H2,14,15,16);1H,2H3;1-2H3;1-2H3. The molecule has 3 aromatic rings. The van der Waals surface area contributed by atoms with Crippen molar-refractivity contribution in [1.82, 2.24) is 19.1 Å². The molecule has 0 fully saturated rings. The first-order valence-corrected chi connectivity index (χ1v) is 10.1. The van der Waals surface area contributed by atoms with Crippen LogP contribution < -0.4 is 11.4 Å². The van der Waals surface area contributed by atoms with Gasteiger partial charge in [-0.25, -0.2) is 14.8 Å². The Bertz CT molecular complexity index is 1280. The summed E-state index contributed by atoms with van der Waals surface area (Å²) < 4.78 is 7.38. The van der Waals surface area contributed by atoms with E-state index in [0.717, 1.165) is 5.69 Å². The van der Waals surface area contributed by atoms with Crippen LogP contribution in [0, 0.1) is 47.9 Å². The number of hydrogen-bond acceptors (Lipinski definition) is 5. The number of nitrogen functional groups attached to an aromatic ring is 1. The van der Waals surface area contributed by atoms with Gasteiger partial charge < -0.3 is 10.5 Å². The van der Waals surface area contributed by atoms with Crippen molar-refractivity contribution in [2.24, 2.45) is 0 Å². The maximum Gasteiger partial charge on any atom is 0.335 e. The van der Waals surface area contributed by atoms with E-state index in [2.05, 4.69) is 56.1 Å². The number of rotatable bonds is 2. The first kappa shape index (κ1) is 28.6. The molecule has 0 saturated heterocycles. The van der Waals surface area contributed by atoms with Crippen LogP contribution in [-0.4, -0.2) is 33.3 Å². The third-order valence-corrected chi connectivity index (χ3v) is 3.51. The van der Waals surface area contributed by atoms with E-state index in [1.54, 1.807) is 30.3 Å². The number of nitrogens with two attached hydrogens (primary N) is 1. The molecule has 1 aromatic carbocycles. The summed E-state index contributed by atoms with van der Waals surface area (Å²) in [6.45, 7) is 8.14.